The summed E-state index contributed by atoms with van der Waals surface area (Å²) in [5.74, 6) is 0.288. The fourth-order valence-electron chi connectivity index (χ4n) is 4.01. The Morgan fingerprint density at radius 3 is 2.62 bits per heavy atom. The lowest BCUT2D eigenvalue weighted by Gasteiger charge is -2.32. The van der Waals surface area contributed by atoms with Gasteiger partial charge >= 0.3 is 6.09 Å². The largest absolute Gasteiger partial charge is 0.444 e. The van der Waals surface area contributed by atoms with Crippen LogP contribution in [0.5, 0.6) is 0 Å². The zero-order valence-electron chi connectivity index (χ0n) is 19.8. The Morgan fingerprint density at radius 2 is 1.94 bits per heavy atom. The molecule has 1 unspecified atom stereocenters. The maximum atomic E-state index is 12.3. The Bertz CT molecular complexity index is 1180. The molecule has 0 spiro atoms. The van der Waals surface area contributed by atoms with E-state index in [-0.39, 0.29) is 18.1 Å². The van der Waals surface area contributed by atoms with Crippen LogP contribution in [0, 0.1) is 0 Å². The van der Waals surface area contributed by atoms with E-state index in [4.69, 9.17) is 14.6 Å². The standard InChI is InChI=1S/C23H30N4O5S2/c1-23(2,3)31-22(28)27-11-9-15(10-12-27)21-24-19(14-33-21)18-13-20(32-25-18)16-7-5-6-8-17(16)26-34(4,29)30/h5-8,14-15,20,26H,9-13H2,1-4H3. The van der Waals surface area contributed by atoms with Gasteiger partial charge in [-0.05, 0) is 39.7 Å². The van der Waals surface area contributed by atoms with E-state index < -0.39 is 15.6 Å². The smallest absolute Gasteiger partial charge is 0.410 e. The first kappa shape index (κ1) is 24.5. The van der Waals surface area contributed by atoms with Gasteiger partial charge in [-0.3, -0.25) is 4.72 Å². The van der Waals surface area contributed by atoms with E-state index >= 15 is 0 Å². The van der Waals surface area contributed by atoms with Crippen molar-refractivity contribution in [2.75, 3.05) is 24.1 Å². The number of rotatable bonds is 5. The van der Waals surface area contributed by atoms with Gasteiger partial charge in [-0.25, -0.2) is 18.2 Å². The number of sulfonamides is 1. The topological polar surface area (TPSA) is 110 Å². The number of nitrogens with zero attached hydrogens (tertiary/aromatic N) is 3. The summed E-state index contributed by atoms with van der Waals surface area (Å²) >= 11 is 1.60. The van der Waals surface area contributed by atoms with Crippen molar-refractivity contribution in [2.24, 2.45) is 5.16 Å². The van der Waals surface area contributed by atoms with Gasteiger partial charge in [0.25, 0.3) is 0 Å². The Kier molecular flexibility index (Phi) is 6.86. The number of aromatic nitrogens is 1. The van der Waals surface area contributed by atoms with E-state index in [1.54, 1.807) is 28.4 Å². The Labute approximate surface area is 204 Å². The molecule has 1 aromatic heterocycles. The van der Waals surface area contributed by atoms with Gasteiger partial charge in [-0.15, -0.1) is 11.3 Å². The van der Waals surface area contributed by atoms with Gasteiger partial charge in [0.1, 0.15) is 11.3 Å². The summed E-state index contributed by atoms with van der Waals surface area (Å²) in [4.78, 5) is 24.5. The van der Waals surface area contributed by atoms with Crippen molar-refractivity contribution in [1.29, 1.82) is 0 Å². The number of para-hydroxylation sites is 1. The predicted molar refractivity (Wildman–Crippen MR) is 132 cm³/mol. The van der Waals surface area contributed by atoms with Crippen molar-refractivity contribution in [1.82, 2.24) is 9.88 Å². The molecule has 0 saturated carbocycles. The summed E-state index contributed by atoms with van der Waals surface area (Å²) in [5, 5.41) is 7.26. The van der Waals surface area contributed by atoms with Gasteiger partial charge in [0.15, 0.2) is 6.10 Å². The summed E-state index contributed by atoms with van der Waals surface area (Å²) in [6.45, 7) is 6.90. The fourth-order valence-corrected chi connectivity index (χ4v) is 5.59. The average molecular weight is 507 g/mol. The van der Waals surface area contributed by atoms with Gasteiger partial charge in [-0.1, -0.05) is 23.4 Å². The molecule has 1 N–H and O–H groups in total. The molecule has 1 amide bonds. The molecule has 2 aliphatic heterocycles. The Balaban J connectivity index is 1.37. The lowest BCUT2D eigenvalue weighted by molar-refractivity contribution is 0.0204. The molecule has 2 aromatic rings. The monoisotopic (exact) mass is 506 g/mol. The Hall–Kier alpha value is -2.66. The van der Waals surface area contributed by atoms with E-state index in [2.05, 4.69) is 9.88 Å². The number of oxime groups is 1. The van der Waals surface area contributed by atoms with E-state index in [1.807, 2.05) is 38.3 Å². The third kappa shape index (κ3) is 6.06. The number of ether oxygens (including phenoxy) is 1. The van der Waals surface area contributed by atoms with Crippen LogP contribution in [0.15, 0.2) is 34.8 Å². The maximum Gasteiger partial charge on any atom is 0.410 e. The SMILES string of the molecule is CC(C)(C)OC(=O)N1CCC(c2nc(C3=NOC(c4ccccc4NS(C)(=O)=O)C3)cs2)CC1. The van der Waals surface area contributed by atoms with E-state index in [0.717, 1.165) is 41.1 Å². The summed E-state index contributed by atoms with van der Waals surface area (Å²) < 4.78 is 31.4. The molecule has 1 aromatic carbocycles. The summed E-state index contributed by atoms with van der Waals surface area (Å²) in [6.07, 6.45) is 2.64. The predicted octanol–water partition coefficient (Wildman–Crippen LogP) is 4.49. The van der Waals surface area contributed by atoms with Crippen LogP contribution in [-0.4, -0.2) is 55.1 Å². The van der Waals surface area contributed by atoms with E-state index in [0.29, 0.717) is 25.2 Å². The quantitative estimate of drug-likeness (QED) is 0.640. The molecule has 0 radical (unpaired) electrons. The van der Waals surface area contributed by atoms with Crippen molar-refractivity contribution in [3.8, 4) is 0 Å². The first-order valence-corrected chi connectivity index (χ1v) is 14.0. The zero-order valence-corrected chi connectivity index (χ0v) is 21.4. The summed E-state index contributed by atoms with van der Waals surface area (Å²) in [5.41, 5.74) is 2.25. The van der Waals surface area contributed by atoms with Gasteiger partial charge in [0, 0.05) is 36.4 Å². The minimum Gasteiger partial charge on any atom is -0.444 e. The first-order valence-electron chi connectivity index (χ1n) is 11.2. The number of amides is 1. The van der Waals surface area contributed by atoms with Crippen molar-refractivity contribution in [3.05, 3.63) is 45.9 Å². The molecule has 0 bridgehead atoms. The van der Waals surface area contributed by atoms with Crippen LogP contribution in [0.25, 0.3) is 0 Å². The normalized spacial score (nSPS) is 19.5. The molecule has 1 fully saturated rings. The molecule has 1 saturated heterocycles. The molecule has 0 aliphatic carbocycles. The van der Waals surface area contributed by atoms with Crippen LogP contribution in [0.2, 0.25) is 0 Å². The molecule has 11 heteroatoms. The zero-order chi connectivity index (χ0) is 24.5. The second kappa shape index (κ2) is 9.53. The number of hydrogen-bond acceptors (Lipinski definition) is 8. The lowest BCUT2D eigenvalue weighted by Crippen LogP contribution is -2.41. The highest BCUT2D eigenvalue weighted by Crippen LogP contribution is 2.36. The number of nitrogens with one attached hydrogen (secondary N) is 1. The van der Waals surface area contributed by atoms with Gasteiger partial charge in [0.05, 0.1) is 22.6 Å². The fraction of sp³-hybridized carbons (Fsp3) is 0.522. The van der Waals surface area contributed by atoms with Crippen LogP contribution < -0.4 is 4.72 Å². The number of carbonyl (C=O) groups is 1. The van der Waals surface area contributed by atoms with Crippen LogP contribution >= 0.6 is 11.3 Å². The molecule has 4 rings (SSSR count). The number of benzene rings is 1. The number of carbonyl (C=O) groups excluding carboxylic acids is 1. The minimum absolute atomic E-state index is 0.264. The summed E-state index contributed by atoms with van der Waals surface area (Å²) in [6, 6.07) is 7.16. The number of thiazole rings is 1. The van der Waals surface area contributed by atoms with Crippen LogP contribution in [0.4, 0.5) is 10.5 Å². The second-order valence-electron chi connectivity index (χ2n) is 9.61. The first-order chi connectivity index (χ1) is 16.0. The lowest BCUT2D eigenvalue weighted by atomic mass is 9.97. The molecule has 1 atom stereocenters. The molecule has 34 heavy (non-hydrogen) atoms. The maximum absolute atomic E-state index is 12.3. The van der Waals surface area contributed by atoms with Crippen molar-refractivity contribution >= 4 is 38.9 Å². The van der Waals surface area contributed by atoms with Gasteiger partial charge in [-0.2, -0.15) is 0 Å². The van der Waals surface area contributed by atoms with Crippen LogP contribution in [0.3, 0.4) is 0 Å². The van der Waals surface area contributed by atoms with Gasteiger partial charge < -0.3 is 14.5 Å². The highest BCUT2D eigenvalue weighted by atomic mass is 32.2. The molecule has 3 heterocycles. The van der Waals surface area contributed by atoms with Crippen molar-refractivity contribution in [3.63, 3.8) is 0 Å². The third-order valence-electron chi connectivity index (χ3n) is 5.59. The molecular weight excluding hydrogens is 476 g/mol. The van der Waals surface area contributed by atoms with Gasteiger partial charge in [0.2, 0.25) is 10.0 Å². The number of anilines is 1. The number of piperidine rings is 1. The van der Waals surface area contributed by atoms with Crippen LogP contribution in [0.1, 0.15) is 68.3 Å². The van der Waals surface area contributed by atoms with Crippen molar-refractivity contribution < 1.29 is 22.8 Å². The molecular formula is C23H30N4O5S2. The average Bonchev–Trinajstić information content (AvgIpc) is 3.42. The summed E-state index contributed by atoms with van der Waals surface area (Å²) in [7, 11) is -3.41. The highest BCUT2D eigenvalue weighted by molar-refractivity contribution is 7.92. The van der Waals surface area contributed by atoms with E-state index in [1.165, 1.54) is 0 Å². The third-order valence-corrected chi connectivity index (χ3v) is 7.18. The molecule has 2 aliphatic rings. The van der Waals surface area contributed by atoms with E-state index in [9.17, 15) is 13.2 Å². The molecule has 184 valence electrons. The highest BCUT2D eigenvalue weighted by Gasteiger charge is 2.31. The Morgan fingerprint density at radius 1 is 1.24 bits per heavy atom. The number of likely N-dealkylation sites (tertiary alicyclic amines) is 1. The minimum atomic E-state index is -3.41. The second-order valence-corrected chi connectivity index (χ2v) is 12.2. The number of hydrogen-bond donors (Lipinski definition) is 1. The van der Waals surface area contributed by atoms with Crippen molar-refractivity contribution in [2.45, 2.75) is 57.7 Å². The molecule has 9 nitrogen and oxygen atoms in total. The van der Waals surface area contributed by atoms with Crippen LogP contribution in [-0.2, 0) is 19.6 Å².